The lowest BCUT2D eigenvalue weighted by atomic mass is 10.1. The van der Waals surface area contributed by atoms with Gasteiger partial charge in [-0.05, 0) is 17.7 Å². The summed E-state index contributed by atoms with van der Waals surface area (Å²) in [6, 6.07) is 9.72. The van der Waals surface area contributed by atoms with Crippen LogP contribution in [0.4, 0.5) is 0 Å². The molecule has 0 amide bonds. The maximum atomic E-state index is 6.16. The van der Waals surface area contributed by atoms with E-state index >= 15 is 0 Å². The van der Waals surface area contributed by atoms with E-state index in [1.807, 2.05) is 30.3 Å². The highest BCUT2D eigenvalue weighted by Crippen LogP contribution is 2.27. The summed E-state index contributed by atoms with van der Waals surface area (Å²) in [4.78, 5) is 4.06. The zero-order chi connectivity index (χ0) is 10.7. The summed E-state index contributed by atoms with van der Waals surface area (Å²) >= 11 is 6.16. The van der Waals surface area contributed by atoms with Crippen molar-refractivity contribution in [2.75, 3.05) is 0 Å². The normalized spacial score (nSPS) is 10.3. The number of halogens is 1. The van der Waals surface area contributed by atoms with Gasteiger partial charge in [-0.3, -0.25) is 4.98 Å². The molecule has 2 rings (SSSR count). The molecular formula is C12H11ClN2. The summed E-state index contributed by atoms with van der Waals surface area (Å²) in [6.07, 6.45) is 3.54. The van der Waals surface area contributed by atoms with Gasteiger partial charge in [0.15, 0.2) is 0 Å². The molecule has 0 aliphatic carbocycles. The lowest BCUT2D eigenvalue weighted by Gasteiger charge is -2.05. The van der Waals surface area contributed by atoms with Crippen molar-refractivity contribution in [3.8, 4) is 11.1 Å². The van der Waals surface area contributed by atoms with Crippen LogP contribution in [0, 0.1) is 0 Å². The summed E-state index contributed by atoms with van der Waals surface area (Å²) in [5, 5.41) is 0.714. The molecule has 0 spiro atoms. The van der Waals surface area contributed by atoms with Crippen molar-refractivity contribution in [2.45, 2.75) is 6.54 Å². The lowest BCUT2D eigenvalue weighted by Crippen LogP contribution is -1.95. The van der Waals surface area contributed by atoms with Crippen LogP contribution in [-0.4, -0.2) is 4.98 Å². The third-order valence-electron chi connectivity index (χ3n) is 2.24. The summed E-state index contributed by atoms with van der Waals surface area (Å²) in [5.74, 6) is 0. The molecule has 15 heavy (non-hydrogen) atoms. The van der Waals surface area contributed by atoms with Crippen molar-refractivity contribution in [1.82, 2.24) is 4.98 Å². The van der Waals surface area contributed by atoms with E-state index in [-0.39, 0.29) is 0 Å². The third kappa shape index (κ3) is 2.17. The van der Waals surface area contributed by atoms with E-state index in [4.69, 9.17) is 17.3 Å². The largest absolute Gasteiger partial charge is 0.326 e. The molecular weight excluding hydrogens is 208 g/mol. The predicted molar refractivity (Wildman–Crippen MR) is 62.6 cm³/mol. The van der Waals surface area contributed by atoms with E-state index in [9.17, 15) is 0 Å². The van der Waals surface area contributed by atoms with Crippen LogP contribution in [0.5, 0.6) is 0 Å². The van der Waals surface area contributed by atoms with Gasteiger partial charge in [0.2, 0.25) is 0 Å². The monoisotopic (exact) mass is 218 g/mol. The Morgan fingerprint density at radius 1 is 1.27 bits per heavy atom. The average molecular weight is 219 g/mol. The fourth-order valence-electron chi connectivity index (χ4n) is 1.44. The average Bonchev–Trinajstić information content (AvgIpc) is 2.30. The van der Waals surface area contributed by atoms with Crippen molar-refractivity contribution < 1.29 is 0 Å². The Morgan fingerprint density at radius 2 is 2.13 bits per heavy atom. The molecule has 0 aliphatic heterocycles. The van der Waals surface area contributed by atoms with Crippen LogP contribution < -0.4 is 5.73 Å². The summed E-state index contributed by atoms with van der Waals surface area (Å²) < 4.78 is 0. The second-order valence-electron chi connectivity index (χ2n) is 3.26. The Kier molecular flexibility index (Phi) is 2.99. The zero-order valence-corrected chi connectivity index (χ0v) is 8.91. The number of pyridine rings is 1. The molecule has 0 atom stereocenters. The van der Waals surface area contributed by atoms with Crippen molar-refractivity contribution in [3.63, 3.8) is 0 Å². The molecule has 1 heterocycles. The predicted octanol–water partition coefficient (Wildman–Crippen LogP) is 2.86. The fraction of sp³-hybridized carbons (Fsp3) is 0.0833. The van der Waals surface area contributed by atoms with Crippen LogP contribution >= 0.6 is 11.6 Å². The minimum Gasteiger partial charge on any atom is -0.326 e. The number of nitrogens with zero attached hydrogens (tertiary/aromatic N) is 1. The molecule has 0 unspecified atom stereocenters. The van der Waals surface area contributed by atoms with Gasteiger partial charge < -0.3 is 5.73 Å². The minimum absolute atomic E-state index is 0.507. The first kappa shape index (κ1) is 10.1. The van der Waals surface area contributed by atoms with E-state index in [1.54, 1.807) is 12.4 Å². The summed E-state index contributed by atoms with van der Waals surface area (Å²) in [7, 11) is 0. The van der Waals surface area contributed by atoms with Crippen LogP contribution in [-0.2, 0) is 6.54 Å². The topological polar surface area (TPSA) is 38.9 Å². The quantitative estimate of drug-likeness (QED) is 0.842. The molecule has 76 valence electrons. The van der Waals surface area contributed by atoms with Crippen LogP contribution in [0.3, 0.4) is 0 Å². The van der Waals surface area contributed by atoms with E-state index in [0.29, 0.717) is 11.6 Å². The Balaban J connectivity index is 2.46. The van der Waals surface area contributed by atoms with E-state index < -0.39 is 0 Å². The van der Waals surface area contributed by atoms with Crippen molar-refractivity contribution >= 4 is 11.6 Å². The molecule has 1 aromatic heterocycles. The second kappa shape index (κ2) is 4.43. The first-order valence-electron chi connectivity index (χ1n) is 4.70. The van der Waals surface area contributed by atoms with Gasteiger partial charge in [-0.15, -0.1) is 0 Å². The Morgan fingerprint density at radius 3 is 2.73 bits per heavy atom. The van der Waals surface area contributed by atoms with Gasteiger partial charge in [0.25, 0.3) is 0 Å². The van der Waals surface area contributed by atoms with Gasteiger partial charge in [0.1, 0.15) is 0 Å². The minimum atomic E-state index is 0.507. The second-order valence-corrected chi connectivity index (χ2v) is 3.67. The highest BCUT2D eigenvalue weighted by Gasteiger charge is 2.03. The number of hydrogen-bond donors (Lipinski definition) is 1. The SMILES string of the molecule is NCc1ccc(-c2cccnc2)c(Cl)c1. The number of hydrogen-bond acceptors (Lipinski definition) is 2. The zero-order valence-electron chi connectivity index (χ0n) is 8.15. The lowest BCUT2D eigenvalue weighted by molar-refractivity contribution is 1.07. The van der Waals surface area contributed by atoms with Crippen molar-refractivity contribution in [3.05, 3.63) is 53.3 Å². The highest BCUT2D eigenvalue weighted by molar-refractivity contribution is 6.33. The van der Waals surface area contributed by atoms with E-state index in [2.05, 4.69) is 4.98 Å². The smallest absolute Gasteiger partial charge is 0.0488 e. The first-order valence-corrected chi connectivity index (χ1v) is 5.08. The van der Waals surface area contributed by atoms with Crippen LogP contribution in [0.1, 0.15) is 5.56 Å². The molecule has 0 saturated heterocycles. The van der Waals surface area contributed by atoms with E-state index in [0.717, 1.165) is 16.7 Å². The Hall–Kier alpha value is -1.38. The third-order valence-corrected chi connectivity index (χ3v) is 2.55. The van der Waals surface area contributed by atoms with Crippen molar-refractivity contribution in [2.24, 2.45) is 5.73 Å². The van der Waals surface area contributed by atoms with Crippen LogP contribution in [0.2, 0.25) is 5.02 Å². The molecule has 0 radical (unpaired) electrons. The number of nitrogens with two attached hydrogens (primary N) is 1. The van der Waals surface area contributed by atoms with Gasteiger partial charge in [-0.25, -0.2) is 0 Å². The molecule has 3 heteroatoms. The van der Waals surface area contributed by atoms with Crippen molar-refractivity contribution in [1.29, 1.82) is 0 Å². The molecule has 0 saturated carbocycles. The van der Waals surface area contributed by atoms with Gasteiger partial charge in [-0.1, -0.05) is 29.8 Å². The van der Waals surface area contributed by atoms with Gasteiger partial charge in [0.05, 0.1) is 0 Å². The molecule has 1 aromatic carbocycles. The fourth-order valence-corrected chi connectivity index (χ4v) is 1.75. The maximum absolute atomic E-state index is 6.16. The maximum Gasteiger partial charge on any atom is 0.0488 e. The van der Waals surface area contributed by atoms with Crippen LogP contribution in [0.15, 0.2) is 42.7 Å². The van der Waals surface area contributed by atoms with E-state index in [1.165, 1.54) is 0 Å². The summed E-state index contributed by atoms with van der Waals surface area (Å²) in [6.45, 7) is 0.507. The Bertz CT molecular complexity index is 454. The highest BCUT2D eigenvalue weighted by atomic mass is 35.5. The Labute approximate surface area is 93.7 Å². The molecule has 0 bridgehead atoms. The molecule has 2 nitrogen and oxygen atoms in total. The molecule has 0 aliphatic rings. The van der Waals surface area contributed by atoms with Gasteiger partial charge >= 0.3 is 0 Å². The van der Waals surface area contributed by atoms with Crippen LogP contribution in [0.25, 0.3) is 11.1 Å². The standard InChI is InChI=1S/C12H11ClN2/c13-12-6-9(7-14)3-4-11(12)10-2-1-5-15-8-10/h1-6,8H,7,14H2. The molecule has 2 N–H and O–H groups in total. The van der Waals surface area contributed by atoms with Gasteiger partial charge in [0, 0.05) is 35.1 Å². The molecule has 0 fully saturated rings. The number of rotatable bonds is 2. The molecule has 2 aromatic rings. The number of aromatic nitrogens is 1. The van der Waals surface area contributed by atoms with Gasteiger partial charge in [-0.2, -0.15) is 0 Å². The summed E-state index contributed by atoms with van der Waals surface area (Å²) in [5.41, 5.74) is 8.58. The number of benzene rings is 1. The first-order chi connectivity index (χ1) is 7.31.